The molecule has 8 nitrogen and oxygen atoms in total. The second-order valence-electron chi connectivity index (χ2n) is 5.79. The highest BCUT2D eigenvalue weighted by atomic mass is 32.2. The smallest absolute Gasteiger partial charge is 0.335 e. The predicted molar refractivity (Wildman–Crippen MR) is 96.9 cm³/mol. The highest BCUT2D eigenvalue weighted by molar-refractivity contribution is 7.98. The molecule has 0 saturated heterocycles. The molecule has 0 aliphatic heterocycles. The lowest BCUT2D eigenvalue weighted by Crippen LogP contribution is -2.17. The summed E-state index contributed by atoms with van der Waals surface area (Å²) in [5.74, 6) is -0.361. The Kier molecular flexibility index (Phi) is 4.90. The SMILES string of the molecule is Cc1cc(C)nc(SCc2[nH]n(-c3cc(C(=O)O)ccn3)c(=O)c2C)n1. The van der Waals surface area contributed by atoms with Gasteiger partial charge in [0.2, 0.25) is 0 Å². The highest BCUT2D eigenvalue weighted by Gasteiger charge is 2.14. The van der Waals surface area contributed by atoms with Gasteiger partial charge in [0.25, 0.3) is 5.56 Å². The van der Waals surface area contributed by atoms with E-state index < -0.39 is 5.97 Å². The Morgan fingerprint density at radius 1 is 1.23 bits per heavy atom. The number of pyridine rings is 1. The van der Waals surface area contributed by atoms with Crippen molar-refractivity contribution in [2.75, 3.05) is 0 Å². The molecule has 3 aromatic heterocycles. The number of carbonyl (C=O) groups is 1. The lowest BCUT2D eigenvalue weighted by molar-refractivity contribution is 0.0696. The van der Waals surface area contributed by atoms with Crippen molar-refractivity contribution in [1.82, 2.24) is 24.7 Å². The first-order valence-corrected chi connectivity index (χ1v) is 8.79. The number of nitrogens with one attached hydrogen (secondary N) is 1. The van der Waals surface area contributed by atoms with E-state index in [-0.39, 0.29) is 16.9 Å². The molecule has 26 heavy (non-hydrogen) atoms. The number of carboxylic acids is 1. The van der Waals surface area contributed by atoms with Gasteiger partial charge in [0.15, 0.2) is 11.0 Å². The molecule has 3 aromatic rings. The van der Waals surface area contributed by atoms with Gasteiger partial charge >= 0.3 is 5.97 Å². The molecule has 3 rings (SSSR count). The molecule has 9 heteroatoms. The number of rotatable bonds is 5. The van der Waals surface area contributed by atoms with Gasteiger partial charge in [0, 0.05) is 28.9 Å². The van der Waals surface area contributed by atoms with Crippen LogP contribution in [0.5, 0.6) is 0 Å². The fraction of sp³-hybridized carbons (Fsp3) is 0.235. The van der Waals surface area contributed by atoms with Crippen LogP contribution >= 0.6 is 11.8 Å². The van der Waals surface area contributed by atoms with Crippen molar-refractivity contribution in [3.8, 4) is 5.82 Å². The largest absolute Gasteiger partial charge is 0.478 e. The quantitative estimate of drug-likeness (QED) is 0.522. The molecular weight excluding hydrogens is 354 g/mol. The van der Waals surface area contributed by atoms with Crippen molar-refractivity contribution in [2.24, 2.45) is 0 Å². The number of aromatic nitrogens is 5. The predicted octanol–water partition coefficient (Wildman–Crippen LogP) is 2.27. The molecule has 0 unspecified atom stereocenters. The standard InChI is InChI=1S/C17H17N5O3S/c1-9-6-10(2)20-17(19-9)26-8-13-11(3)15(23)22(21-13)14-7-12(16(24)25)4-5-18-14/h4-7,21H,8H2,1-3H3,(H,24,25). The zero-order valence-electron chi connectivity index (χ0n) is 14.5. The minimum atomic E-state index is -1.08. The van der Waals surface area contributed by atoms with Gasteiger partial charge in [0.05, 0.1) is 11.3 Å². The monoisotopic (exact) mass is 371 g/mol. The number of thioether (sulfide) groups is 1. The molecule has 0 fully saturated rings. The van der Waals surface area contributed by atoms with E-state index in [0.717, 1.165) is 11.4 Å². The summed E-state index contributed by atoms with van der Waals surface area (Å²) >= 11 is 1.42. The van der Waals surface area contributed by atoms with Gasteiger partial charge in [-0.3, -0.25) is 9.89 Å². The molecule has 0 radical (unpaired) electrons. The Morgan fingerprint density at radius 2 is 1.92 bits per heavy atom. The van der Waals surface area contributed by atoms with E-state index >= 15 is 0 Å². The van der Waals surface area contributed by atoms with Crippen molar-refractivity contribution in [3.05, 3.63) is 63.0 Å². The van der Waals surface area contributed by atoms with E-state index in [1.807, 2.05) is 19.9 Å². The number of carboxylic acid groups (broad SMARTS) is 1. The van der Waals surface area contributed by atoms with E-state index in [0.29, 0.717) is 22.2 Å². The van der Waals surface area contributed by atoms with Crippen molar-refractivity contribution in [3.63, 3.8) is 0 Å². The molecule has 3 heterocycles. The molecule has 0 aliphatic rings. The average molecular weight is 371 g/mol. The second-order valence-corrected chi connectivity index (χ2v) is 6.73. The molecule has 134 valence electrons. The lowest BCUT2D eigenvalue weighted by atomic mass is 10.2. The Labute approximate surface area is 153 Å². The first-order chi connectivity index (χ1) is 12.3. The van der Waals surface area contributed by atoms with Gasteiger partial charge in [-0.05, 0) is 39.0 Å². The summed E-state index contributed by atoms with van der Waals surface area (Å²) in [6, 6.07) is 4.62. The number of aryl methyl sites for hydroxylation is 2. The van der Waals surface area contributed by atoms with Crippen LogP contribution in [0.25, 0.3) is 5.82 Å². The van der Waals surface area contributed by atoms with Crippen LogP contribution in [0.1, 0.15) is 33.0 Å². The topological polar surface area (TPSA) is 114 Å². The minimum absolute atomic E-state index is 0.0636. The molecule has 0 bridgehead atoms. The van der Waals surface area contributed by atoms with Crippen LogP contribution < -0.4 is 5.56 Å². The zero-order valence-corrected chi connectivity index (χ0v) is 15.3. The maximum absolute atomic E-state index is 12.5. The molecule has 0 aromatic carbocycles. The number of hydrogen-bond acceptors (Lipinski definition) is 6. The van der Waals surface area contributed by atoms with E-state index in [9.17, 15) is 9.59 Å². The van der Waals surface area contributed by atoms with Gasteiger partial charge in [-0.2, -0.15) is 0 Å². The molecule has 0 amide bonds. The van der Waals surface area contributed by atoms with E-state index in [4.69, 9.17) is 5.11 Å². The summed E-state index contributed by atoms with van der Waals surface area (Å²) in [6.07, 6.45) is 1.36. The highest BCUT2D eigenvalue weighted by Crippen LogP contribution is 2.20. The van der Waals surface area contributed by atoms with Crippen molar-refractivity contribution < 1.29 is 9.90 Å². The molecular formula is C17H17N5O3S. The average Bonchev–Trinajstić information content (AvgIpc) is 2.87. The normalized spacial score (nSPS) is 10.9. The fourth-order valence-corrected chi connectivity index (χ4v) is 3.41. The van der Waals surface area contributed by atoms with Crippen LogP contribution in [-0.4, -0.2) is 35.8 Å². The second kappa shape index (κ2) is 7.12. The summed E-state index contributed by atoms with van der Waals surface area (Å²) in [7, 11) is 0. The van der Waals surface area contributed by atoms with Gasteiger partial charge in [-0.15, -0.1) is 0 Å². The third kappa shape index (κ3) is 3.67. The van der Waals surface area contributed by atoms with Crippen LogP contribution in [0.4, 0.5) is 0 Å². The van der Waals surface area contributed by atoms with Crippen molar-refractivity contribution >= 4 is 17.7 Å². The Morgan fingerprint density at radius 3 is 2.58 bits per heavy atom. The lowest BCUT2D eigenvalue weighted by Gasteiger charge is -2.03. The Bertz CT molecular complexity index is 1020. The first-order valence-electron chi connectivity index (χ1n) is 7.80. The van der Waals surface area contributed by atoms with E-state index in [2.05, 4.69) is 20.1 Å². The third-order valence-electron chi connectivity index (χ3n) is 3.75. The number of hydrogen-bond donors (Lipinski definition) is 2. The first kappa shape index (κ1) is 17.9. The number of aromatic amines is 1. The van der Waals surface area contributed by atoms with E-state index in [1.165, 1.54) is 34.8 Å². The summed E-state index contributed by atoms with van der Waals surface area (Å²) in [5, 5.41) is 12.7. The maximum atomic E-state index is 12.5. The van der Waals surface area contributed by atoms with E-state index in [1.54, 1.807) is 6.92 Å². The van der Waals surface area contributed by atoms with Crippen LogP contribution in [0, 0.1) is 20.8 Å². The third-order valence-corrected chi connectivity index (χ3v) is 4.63. The van der Waals surface area contributed by atoms with Crippen molar-refractivity contribution in [1.29, 1.82) is 0 Å². The zero-order chi connectivity index (χ0) is 18.8. The minimum Gasteiger partial charge on any atom is -0.478 e. The van der Waals surface area contributed by atoms with Gasteiger partial charge < -0.3 is 5.11 Å². The van der Waals surface area contributed by atoms with Gasteiger partial charge in [-0.1, -0.05) is 11.8 Å². The van der Waals surface area contributed by atoms with Crippen LogP contribution in [0.3, 0.4) is 0 Å². The summed E-state index contributed by atoms with van der Waals surface area (Å²) in [5.41, 5.74) is 2.83. The van der Waals surface area contributed by atoms with Crippen LogP contribution in [-0.2, 0) is 5.75 Å². The molecule has 0 spiro atoms. The molecule has 0 saturated carbocycles. The van der Waals surface area contributed by atoms with Crippen LogP contribution in [0.15, 0.2) is 34.3 Å². The maximum Gasteiger partial charge on any atom is 0.335 e. The Balaban J connectivity index is 1.89. The summed E-state index contributed by atoms with van der Waals surface area (Å²) in [4.78, 5) is 36.4. The Hall–Kier alpha value is -2.94. The number of nitrogens with zero attached hydrogens (tertiary/aromatic N) is 4. The summed E-state index contributed by atoms with van der Waals surface area (Å²) in [6.45, 7) is 5.53. The number of H-pyrrole nitrogens is 1. The molecule has 2 N–H and O–H groups in total. The fourth-order valence-electron chi connectivity index (χ4n) is 2.44. The van der Waals surface area contributed by atoms with Gasteiger partial charge in [-0.25, -0.2) is 24.4 Å². The van der Waals surface area contributed by atoms with Crippen LogP contribution in [0.2, 0.25) is 0 Å². The summed E-state index contributed by atoms with van der Waals surface area (Å²) < 4.78 is 1.25. The molecule has 0 atom stereocenters. The number of aromatic carboxylic acids is 1. The van der Waals surface area contributed by atoms with Gasteiger partial charge in [0.1, 0.15) is 0 Å². The molecule has 0 aliphatic carbocycles. The van der Waals surface area contributed by atoms with Crippen molar-refractivity contribution in [2.45, 2.75) is 31.7 Å².